The summed E-state index contributed by atoms with van der Waals surface area (Å²) in [5.74, 6) is 0. The Labute approximate surface area is 94.3 Å². The van der Waals surface area contributed by atoms with Gasteiger partial charge in [-0.3, -0.25) is 0 Å². The third kappa shape index (κ3) is 6.10. The van der Waals surface area contributed by atoms with Crippen LogP contribution in [-0.2, 0) is 14.2 Å². The summed E-state index contributed by atoms with van der Waals surface area (Å²) in [6.07, 6.45) is -12.4. The Balaban J connectivity index is 4.19. The number of alkyl halides is 5. The van der Waals surface area contributed by atoms with Gasteiger partial charge < -0.3 is 19.3 Å². The van der Waals surface area contributed by atoms with Crippen molar-refractivity contribution in [2.45, 2.75) is 25.5 Å². The molecule has 0 radical (unpaired) electrons. The SMILES string of the molecule is CCOC(COC(F)(F)C(F)(F)F)OCCO. The lowest BCUT2D eigenvalue weighted by atomic mass is 10.6. The van der Waals surface area contributed by atoms with E-state index in [2.05, 4.69) is 9.47 Å². The minimum Gasteiger partial charge on any atom is -0.394 e. The molecule has 1 atom stereocenters. The first-order valence-electron chi connectivity index (χ1n) is 4.67. The number of rotatable bonds is 8. The van der Waals surface area contributed by atoms with E-state index in [0.29, 0.717) is 0 Å². The monoisotopic (exact) mass is 268 g/mol. The second-order valence-electron chi connectivity index (χ2n) is 2.80. The molecule has 0 spiro atoms. The zero-order valence-corrected chi connectivity index (χ0v) is 8.97. The van der Waals surface area contributed by atoms with E-state index in [9.17, 15) is 22.0 Å². The van der Waals surface area contributed by atoms with Crippen LogP contribution in [0.5, 0.6) is 0 Å². The van der Waals surface area contributed by atoms with Crippen molar-refractivity contribution in [1.29, 1.82) is 0 Å². The molecular formula is C8H13F5O4. The van der Waals surface area contributed by atoms with Gasteiger partial charge in [-0.2, -0.15) is 22.0 Å². The number of hydrogen-bond donors (Lipinski definition) is 1. The summed E-state index contributed by atoms with van der Waals surface area (Å²) in [4.78, 5) is 0. The molecule has 0 aliphatic rings. The van der Waals surface area contributed by atoms with E-state index < -0.39 is 31.8 Å². The Kier molecular flexibility index (Phi) is 6.83. The van der Waals surface area contributed by atoms with Crippen LogP contribution in [0, 0.1) is 0 Å². The summed E-state index contributed by atoms with van der Waals surface area (Å²) >= 11 is 0. The molecule has 0 bridgehead atoms. The van der Waals surface area contributed by atoms with Gasteiger partial charge in [0.15, 0.2) is 6.29 Å². The average Bonchev–Trinajstić information content (AvgIpc) is 2.20. The second-order valence-corrected chi connectivity index (χ2v) is 2.80. The smallest absolute Gasteiger partial charge is 0.394 e. The van der Waals surface area contributed by atoms with Gasteiger partial charge in [0, 0.05) is 6.61 Å². The van der Waals surface area contributed by atoms with Crippen LogP contribution in [0.1, 0.15) is 6.92 Å². The van der Waals surface area contributed by atoms with Crippen molar-refractivity contribution in [2.24, 2.45) is 0 Å². The van der Waals surface area contributed by atoms with E-state index in [0.717, 1.165) is 0 Å². The minimum absolute atomic E-state index is 0.0387. The summed E-state index contributed by atoms with van der Waals surface area (Å²) < 4.78 is 72.6. The highest BCUT2D eigenvalue weighted by atomic mass is 19.4. The third-order valence-corrected chi connectivity index (χ3v) is 1.48. The van der Waals surface area contributed by atoms with Crippen molar-refractivity contribution in [3.63, 3.8) is 0 Å². The van der Waals surface area contributed by atoms with Gasteiger partial charge in [0.1, 0.15) is 6.61 Å². The maximum Gasteiger partial charge on any atom is 0.482 e. The lowest BCUT2D eigenvalue weighted by Crippen LogP contribution is -2.41. The normalized spacial score (nSPS) is 15.0. The first-order valence-corrected chi connectivity index (χ1v) is 4.67. The number of halogens is 5. The summed E-state index contributed by atoms with van der Waals surface area (Å²) in [6.45, 7) is -0.237. The van der Waals surface area contributed by atoms with Crippen LogP contribution in [-0.4, -0.2) is 50.1 Å². The number of aliphatic hydroxyl groups excluding tert-OH is 1. The second kappa shape index (κ2) is 7.04. The predicted molar refractivity (Wildman–Crippen MR) is 45.4 cm³/mol. The summed E-state index contributed by atoms with van der Waals surface area (Å²) in [5, 5.41) is 8.39. The standard InChI is InChI=1S/C8H13F5O4/c1-2-15-6(16-4-3-14)5-17-8(12,13)7(9,10)11/h6,14H,2-5H2,1H3. The molecule has 0 saturated heterocycles. The fourth-order valence-electron chi connectivity index (χ4n) is 0.769. The maximum absolute atomic E-state index is 12.3. The maximum atomic E-state index is 12.3. The van der Waals surface area contributed by atoms with Crippen LogP contribution in [0.2, 0.25) is 0 Å². The third-order valence-electron chi connectivity index (χ3n) is 1.48. The van der Waals surface area contributed by atoms with E-state index in [-0.39, 0.29) is 13.2 Å². The van der Waals surface area contributed by atoms with Crippen LogP contribution in [0.3, 0.4) is 0 Å². The lowest BCUT2D eigenvalue weighted by Gasteiger charge is -2.23. The Morgan fingerprint density at radius 2 is 1.71 bits per heavy atom. The molecule has 0 heterocycles. The molecule has 0 amide bonds. The Morgan fingerprint density at radius 3 is 2.12 bits per heavy atom. The molecule has 9 heteroatoms. The molecule has 0 aromatic rings. The van der Waals surface area contributed by atoms with Gasteiger partial charge in [-0.05, 0) is 6.92 Å². The fraction of sp³-hybridized carbons (Fsp3) is 1.00. The summed E-state index contributed by atoms with van der Waals surface area (Å²) in [6, 6.07) is 0. The van der Waals surface area contributed by atoms with Crippen LogP contribution < -0.4 is 0 Å². The van der Waals surface area contributed by atoms with Gasteiger partial charge >= 0.3 is 12.3 Å². The van der Waals surface area contributed by atoms with Gasteiger partial charge in [0.2, 0.25) is 0 Å². The number of aliphatic hydroxyl groups is 1. The molecule has 104 valence electrons. The molecule has 4 nitrogen and oxygen atoms in total. The molecule has 0 rings (SSSR count). The molecule has 0 aliphatic heterocycles. The van der Waals surface area contributed by atoms with E-state index in [4.69, 9.17) is 9.84 Å². The molecule has 17 heavy (non-hydrogen) atoms. The van der Waals surface area contributed by atoms with Crippen LogP contribution >= 0.6 is 0 Å². The van der Waals surface area contributed by atoms with Crippen molar-refractivity contribution < 1.29 is 41.3 Å². The highest BCUT2D eigenvalue weighted by molar-refractivity contribution is 4.64. The van der Waals surface area contributed by atoms with E-state index in [1.807, 2.05) is 0 Å². The first kappa shape index (κ1) is 16.5. The van der Waals surface area contributed by atoms with Crippen LogP contribution in [0.25, 0.3) is 0 Å². The zero-order chi connectivity index (χ0) is 13.5. The Morgan fingerprint density at radius 1 is 1.12 bits per heavy atom. The topological polar surface area (TPSA) is 47.9 Å². The van der Waals surface area contributed by atoms with Gasteiger partial charge in [0.25, 0.3) is 0 Å². The quantitative estimate of drug-likeness (QED) is 0.535. The molecule has 0 aliphatic carbocycles. The first-order chi connectivity index (χ1) is 7.74. The van der Waals surface area contributed by atoms with Gasteiger partial charge in [-0.25, -0.2) is 0 Å². The van der Waals surface area contributed by atoms with E-state index >= 15 is 0 Å². The van der Waals surface area contributed by atoms with Crippen molar-refractivity contribution >= 4 is 0 Å². The summed E-state index contributed by atoms with van der Waals surface area (Å²) in [7, 11) is 0. The van der Waals surface area contributed by atoms with Gasteiger partial charge in [-0.1, -0.05) is 0 Å². The van der Waals surface area contributed by atoms with Crippen molar-refractivity contribution in [3.05, 3.63) is 0 Å². The van der Waals surface area contributed by atoms with Crippen LogP contribution in [0.4, 0.5) is 22.0 Å². The fourth-order valence-corrected chi connectivity index (χ4v) is 0.769. The average molecular weight is 268 g/mol. The predicted octanol–water partition coefficient (Wildman–Crippen LogP) is 1.53. The van der Waals surface area contributed by atoms with Crippen LogP contribution in [0.15, 0.2) is 0 Å². The highest BCUT2D eigenvalue weighted by Crippen LogP contribution is 2.36. The zero-order valence-electron chi connectivity index (χ0n) is 8.97. The van der Waals surface area contributed by atoms with Crippen molar-refractivity contribution in [2.75, 3.05) is 26.4 Å². The molecular weight excluding hydrogens is 255 g/mol. The Hall–Kier alpha value is -0.510. The van der Waals surface area contributed by atoms with Crippen molar-refractivity contribution in [3.8, 4) is 0 Å². The van der Waals surface area contributed by atoms with Gasteiger partial charge in [0.05, 0.1) is 13.2 Å². The van der Waals surface area contributed by atoms with Crippen molar-refractivity contribution in [1.82, 2.24) is 0 Å². The lowest BCUT2D eigenvalue weighted by molar-refractivity contribution is -0.400. The van der Waals surface area contributed by atoms with E-state index in [1.165, 1.54) is 6.92 Å². The minimum atomic E-state index is -5.79. The molecule has 0 saturated carbocycles. The Bertz CT molecular complexity index is 209. The van der Waals surface area contributed by atoms with E-state index in [1.54, 1.807) is 0 Å². The molecule has 1 unspecified atom stereocenters. The molecule has 1 N–H and O–H groups in total. The van der Waals surface area contributed by atoms with Gasteiger partial charge in [-0.15, -0.1) is 0 Å². The molecule has 0 aromatic carbocycles. The highest BCUT2D eigenvalue weighted by Gasteiger charge is 2.59. The molecule has 0 aromatic heterocycles. The number of hydrogen-bond acceptors (Lipinski definition) is 4. The summed E-state index contributed by atoms with van der Waals surface area (Å²) in [5.41, 5.74) is 0. The largest absolute Gasteiger partial charge is 0.482 e. The number of ether oxygens (including phenoxy) is 3. The molecule has 0 fully saturated rings.